The summed E-state index contributed by atoms with van der Waals surface area (Å²) < 4.78 is 57.0. The van der Waals surface area contributed by atoms with E-state index in [4.69, 9.17) is 14.2 Å². The Hall–Kier alpha value is -3.75. The van der Waals surface area contributed by atoms with Crippen LogP contribution in [0.3, 0.4) is 0 Å². The molecule has 0 saturated heterocycles. The van der Waals surface area contributed by atoms with Gasteiger partial charge in [-0.05, 0) is 78.9 Å². The molecule has 1 aliphatic rings. The number of halogens is 3. The summed E-state index contributed by atoms with van der Waals surface area (Å²) in [7, 11) is 1.49. The molecule has 2 aromatic carbocycles. The van der Waals surface area contributed by atoms with E-state index >= 15 is 0 Å². The summed E-state index contributed by atoms with van der Waals surface area (Å²) in [5.41, 5.74) is 1.53. The zero-order valence-corrected chi connectivity index (χ0v) is 20.0. The average molecular weight is 501 g/mol. The van der Waals surface area contributed by atoms with Crippen LogP contribution in [0.15, 0.2) is 54.6 Å². The molecule has 1 aliphatic carbocycles. The van der Waals surface area contributed by atoms with Gasteiger partial charge in [0.25, 0.3) is 0 Å². The third kappa shape index (κ3) is 6.08. The minimum atomic E-state index is -4.53. The first-order chi connectivity index (χ1) is 17.2. The van der Waals surface area contributed by atoms with E-state index in [9.17, 15) is 18.0 Å². The lowest BCUT2D eigenvalue weighted by Crippen LogP contribution is -2.12. The average Bonchev–Trinajstić information content (AvgIpc) is 3.24. The molecule has 190 valence electrons. The number of rotatable bonds is 9. The molecule has 1 aromatic heterocycles. The number of ether oxygens (including phenoxy) is 3. The zero-order valence-electron chi connectivity index (χ0n) is 20.0. The molecule has 3 aromatic rings. The van der Waals surface area contributed by atoms with Crippen LogP contribution in [0.1, 0.15) is 42.6 Å². The van der Waals surface area contributed by atoms with Crippen LogP contribution in [0.4, 0.5) is 19.0 Å². The number of nitrogens with zero attached hydrogens (tertiary/aromatic N) is 1. The Balaban J connectivity index is 1.34. The van der Waals surface area contributed by atoms with Crippen molar-refractivity contribution in [3.05, 3.63) is 71.3 Å². The third-order valence-electron chi connectivity index (χ3n) is 5.91. The zero-order chi connectivity index (χ0) is 25.7. The maximum absolute atomic E-state index is 13.6. The van der Waals surface area contributed by atoms with Gasteiger partial charge in [-0.2, -0.15) is 13.2 Å². The molecule has 0 aliphatic heterocycles. The molecule has 0 saturated carbocycles. The maximum Gasteiger partial charge on any atom is 0.418 e. The van der Waals surface area contributed by atoms with Crippen molar-refractivity contribution < 1.29 is 32.2 Å². The number of carbonyl (C=O) groups is 1. The summed E-state index contributed by atoms with van der Waals surface area (Å²) in [4.78, 5) is 15.5. The van der Waals surface area contributed by atoms with Gasteiger partial charge in [-0.25, -0.2) is 4.98 Å². The first-order valence-electron chi connectivity index (χ1n) is 11.6. The second-order valence-electron chi connectivity index (χ2n) is 8.45. The van der Waals surface area contributed by atoms with Crippen LogP contribution in [0.5, 0.6) is 11.5 Å². The van der Waals surface area contributed by atoms with E-state index in [2.05, 4.69) is 10.3 Å². The minimum Gasteiger partial charge on any atom is -0.497 e. The van der Waals surface area contributed by atoms with Gasteiger partial charge in [0.1, 0.15) is 23.4 Å². The fourth-order valence-electron chi connectivity index (χ4n) is 4.20. The second-order valence-corrected chi connectivity index (χ2v) is 8.45. The summed E-state index contributed by atoms with van der Waals surface area (Å²) in [6, 6.07) is 14.4. The predicted molar refractivity (Wildman–Crippen MR) is 129 cm³/mol. The van der Waals surface area contributed by atoms with Crippen LogP contribution >= 0.6 is 0 Å². The lowest BCUT2D eigenvalue weighted by atomic mass is 10.1. The number of benzene rings is 2. The number of methoxy groups -OCH3 is 1. The molecule has 0 amide bonds. The Morgan fingerprint density at radius 3 is 2.53 bits per heavy atom. The molecule has 0 spiro atoms. The molecular formula is C27H27F3N2O4. The first kappa shape index (κ1) is 25.3. The SMILES string of the molecule is COc1ccc(-c2nc(NCCCOc3ccc4c(c3)CC[C@@H]4OC(C)=O)ccc2C(F)(F)F)cc1. The predicted octanol–water partition coefficient (Wildman–Crippen LogP) is 6.21. The fourth-order valence-corrected chi connectivity index (χ4v) is 4.20. The van der Waals surface area contributed by atoms with Crippen molar-refractivity contribution in [1.29, 1.82) is 0 Å². The van der Waals surface area contributed by atoms with Gasteiger partial charge in [-0.15, -0.1) is 0 Å². The van der Waals surface area contributed by atoms with E-state index in [1.807, 2.05) is 18.2 Å². The number of carbonyl (C=O) groups excluding carboxylic acids is 1. The van der Waals surface area contributed by atoms with Crippen molar-refractivity contribution in [2.75, 3.05) is 25.6 Å². The molecule has 0 radical (unpaired) electrons. The van der Waals surface area contributed by atoms with Gasteiger partial charge in [0, 0.05) is 19.0 Å². The Labute approximate surface area is 207 Å². The van der Waals surface area contributed by atoms with E-state index in [-0.39, 0.29) is 17.8 Å². The van der Waals surface area contributed by atoms with E-state index < -0.39 is 11.7 Å². The Morgan fingerprint density at radius 2 is 1.83 bits per heavy atom. The monoisotopic (exact) mass is 500 g/mol. The first-order valence-corrected chi connectivity index (χ1v) is 11.6. The number of pyridine rings is 1. The number of aryl methyl sites for hydroxylation is 1. The van der Waals surface area contributed by atoms with Crippen molar-refractivity contribution >= 4 is 11.8 Å². The molecule has 0 bridgehead atoms. The van der Waals surface area contributed by atoms with Crippen LogP contribution in [-0.2, 0) is 22.1 Å². The maximum atomic E-state index is 13.6. The van der Waals surface area contributed by atoms with E-state index in [0.29, 0.717) is 36.7 Å². The van der Waals surface area contributed by atoms with Gasteiger partial charge < -0.3 is 19.5 Å². The van der Waals surface area contributed by atoms with E-state index in [1.165, 1.54) is 20.1 Å². The van der Waals surface area contributed by atoms with Crippen LogP contribution in [0.25, 0.3) is 11.3 Å². The van der Waals surface area contributed by atoms with Gasteiger partial charge in [-0.3, -0.25) is 4.79 Å². The highest BCUT2D eigenvalue weighted by Crippen LogP contribution is 2.38. The quantitative estimate of drug-likeness (QED) is 0.278. The summed E-state index contributed by atoms with van der Waals surface area (Å²) in [5, 5.41) is 3.08. The number of hydrogen-bond donors (Lipinski definition) is 1. The van der Waals surface area contributed by atoms with Crippen LogP contribution < -0.4 is 14.8 Å². The van der Waals surface area contributed by atoms with Gasteiger partial charge in [-0.1, -0.05) is 6.07 Å². The summed E-state index contributed by atoms with van der Waals surface area (Å²) in [6.45, 7) is 2.30. The summed E-state index contributed by atoms with van der Waals surface area (Å²) >= 11 is 0. The largest absolute Gasteiger partial charge is 0.497 e. The second kappa shape index (κ2) is 10.9. The van der Waals surface area contributed by atoms with Crippen LogP contribution in [0, 0.1) is 0 Å². The van der Waals surface area contributed by atoms with Crippen molar-refractivity contribution in [3.63, 3.8) is 0 Å². The lowest BCUT2D eigenvalue weighted by Gasteiger charge is -2.15. The lowest BCUT2D eigenvalue weighted by molar-refractivity contribution is -0.146. The number of hydrogen-bond acceptors (Lipinski definition) is 6. The van der Waals surface area contributed by atoms with Gasteiger partial charge in [0.2, 0.25) is 0 Å². The van der Waals surface area contributed by atoms with Gasteiger partial charge in [0.05, 0.1) is 25.0 Å². The Bertz CT molecular complexity index is 1210. The molecule has 36 heavy (non-hydrogen) atoms. The summed E-state index contributed by atoms with van der Waals surface area (Å²) in [6.07, 6.45) is -2.52. The highest BCUT2D eigenvalue weighted by atomic mass is 19.4. The fraction of sp³-hybridized carbons (Fsp3) is 0.333. The standard InChI is InChI=1S/C27H27F3N2O4/c1-17(33)36-24-12-6-19-16-21(9-10-22(19)24)35-15-3-14-31-25-13-11-23(27(28,29)30)26(32-25)18-4-7-20(34-2)8-5-18/h4-5,7-11,13,16,24H,3,6,12,14-15H2,1-2H3,(H,31,32)/t24-/m0/s1. The highest BCUT2D eigenvalue weighted by Gasteiger charge is 2.34. The number of anilines is 1. The van der Waals surface area contributed by atoms with Crippen molar-refractivity contribution in [1.82, 2.24) is 4.98 Å². The molecule has 0 fully saturated rings. The molecule has 1 heterocycles. The molecule has 1 atom stereocenters. The van der Waals surface area contributed by atoms with Gasteiger partial charge in [0.15, 0.2) is 0 Å². The number of fused-ring (bicyclic) bond motifs is 1. The van der Waals surface area contributed by atoms with Crippen LogP contribution in [0.2, 0.25) is 0 Å². The molecular weight excluding hydrogens is 473 g/mol. The minimum absolute atomic E-state index is 0.142. The molecule has 1 N–H and O–H groups in total. The molecule has 4 rings (SSSR count). The Kier molecular flexibility index (Phi) is 7.67. The number of nitrogens with one attached hydrogen (secondary N) is 1. The smallest absolute Gasteiger partial charge is 0.418 e. The molecule has 0 unspecified atom stereocenters. The van der Waals surface area contributed by atoms with E-state index in [0.717, 1.165) is 35.8 Å². The third-order valence-corrected chi connectivity index (χ3v) is 5.91. The number of alkyl halides is 3. The normalized spacial score (nSPS) is 14.8. The van der Waals surface area contributed by atoms with Gasteiger partial charge >= 0.3 is 12.1 Å². The summed E-state index contributed by atoms with van der Waals surface area (Å²) in [5.74, 6) is 1.34. The van der Waals surface area contributed by atoms with Crippen molar-refractivity contribution in [3.8, 4) is 22.8 Å². The van der Waals surface area contributed by atoms with E-state index in [1.54, 1.807) is 24.3 Å². The highest BCUT2D eigenvalue weighted by molar-refractivity contribution is 5.67. The molecule has 6 nitrogen and oxygen atoms in total. The van der Waals surface area contributed by atoms with Crippen LogP contribution in [-0.4, -0.2) is 31.2 Å². The Morgan fingerprint density at radius 1 is 1.08 bits per heavy atom. The number of esters is 1. The number of aromatic nitrogens is 1. The van der Waals surface area contributed by atoms with Crippen molar-refractivity contribution in [2.24, 2.45) is 0 Å². The van der Waals surface area contributed by atoms with Crippen molar-refractivity contribution in [2.45, 2.75) is 38.5 Å². The topological polar surface area (TPSA) is 69.7 Å². The molecule has 9 heteroatoms.